The average molecular weight is 312 g/mol. The Morgan fingerprint density at radius 2 is 1.19 bits per heavy atom. The molecule has 0 saturated heterocycles. The molecule has 0 bridgehead atoms. The van der Waals surface area contributed by atoms with Crippen LogP contribution in [0.25, 0.3) is 0 Å². The van der Waals surface area contributed by atoms with Crippen LogP contribution >= 0.6 is 0 Å². The van der Waals surface area contributed by atoms with Gasteiger partial charge in [0.25, 0.3) is 0 Å². The number of hydrogen-bond donors (Lipinski definition) is 0. The number of unbranched alkanes of at least 4 members (excludes halogenated alkanes) is 10. The minimum Gasteiger partial charge on any atom is -0.550 e. The normalized spacial score (nSPS) is 10.1. The van der Waals surface area contributed by atoms with Gasteiger partial charge in [-0.2, -0.15) is 6.42 Å². The Hall–Kier alpha value is 1.21. The van der Waals surface area contributed by atoms with Crippen molar-refractivity contribution in [2.45, 2.75) is 83.5 Å². The van der Waals surface area contributed by atoms with Crippen LogP contribution in [0.2, 0.25) is 0 Å². The van der Waals surface area contributed by atoms with Crippen molar-refractivity contribution < 1.29 is 69.0 Å². The Bertz CT molecular complexity index is 231. The molecule has 21 heavy (non-hydrogen) atoms. The summed E-state index contributed by atoms with van der Waals surface area (Å²) in [6.45, 7) is 3.84. The number of carbonyl (C=O) groups excluding carboxylic acids is 1. The van der Waals surface area contributed by atoms with E-state index in [0.29, 0.717) is 0 Å². The standard InChI is InChI=1S/C17H31O2.2Na/c1-2-3-4-5-6-7-8-9-10-11-12-13-14-15-16-17(18)19;;/h8-9H,1-7,10-16H2,(H,18,19);;/q-1;2*+1/p-1/b9-8-;;. The first kappa shape index (κ1) is 27.1. The number of aliphatic carboxylic acids is 1. The van der Waals surface area contributed by atoms with E-state index in [1.807, 2.05) is 0 Å². The first-order chi connectivity index (χ1) is 9.27. The third kappa shape index (κ3) is 26.4. The number of rotatable bonds is 14. The second-order valence-electron chi connectivity index (χ2n) is 5.21. The van der Waals surface area contributed by atoms with Crippen molar-refractivity contribution in [3.8, 4) is 0 Å². The molecule has 0 radical (unpaired) electrons. The summed E-state index contributed by atoms with van der Waals surface area (Å²) in [4.78, 5) is 10.2. The van der Waals surface area contributed by atoms with Gasteiger partial charge >= 0.3 is 59.1 Å². The number of allylic oxidation sites excluding steroid dienone is 2. The molecule has 0 heterocycles. The molecule has 0 spiro atoms. The van der Waals surface area contributed by atoms with Gasteiger partial charge in [-0.3, -0.25) is 0 Å². The smallest absolute Gasteiger partial charge is 0.550 e. The van der Waals surface area contributed by atoms with Crippen LogP contribution in [0.4, 0.5) is 0 Å². The van der Waals surface area contributed by atoms with Gasteiger partial charge in [0.05, 0.1) is 0 Å². The molecule has 0 rings (SSSR count). The molecule has 0 aromatic rings. The van der Waals surface area contributed by atoms with Gasteiger partial charge in [0.15, 0.2) is 0 Å². The quantitative estimate of drug-likeness (QED) is 0.164. The van der Waals surface area contributed by atoms with Crippen LogP contribution in [0.1, 0.15) is 83.5 Å². The predicted octanol–water partition coefficient (Wildman–Crippen LogP) is -1.79. The van der Waals surface area contributed by atoms with Gasteiger partial charge in [0.2, 0.25) is 0 Å². The molecule has 0 aliphatic rings. The summed E-state index contributed by atoms with van der Waals surface area (Å²) in [6, 6.07) is 0. The summed E-state index contributed by atoms with van der Waals surface area (Å²) in [5, 5.41) is 10.2. The SMILES string of the molecule is [CH2-]CCCCCC/C=C\CCCCCCCC(=O)[O-].[Na+].[Na+]. The van der Waals surface area contributed by atoms with Crippen molar-refractivity contribution in [2.24, 2.45) is 0 Å². The van der Waals surface area contributed by atoms with Crippen molar-refractivity contribution in [3.63, 3.8) is 0 Å². The fraction of sp³-hybridized carbons (Fsp3) is 0.765. The molecule has 0 aromatic heterocycles. The number of hydrogen-bond acceptors (Lipinski definition) is 2. The summed E-state index contributed by atoms with van der Waals surface area (Å²) >= 11 is 0. The fourth-order valence-electron chi connectivity index (χ4n) is 2.09. The number of carboxylic acid groups (broad SMARTS) is 1. The maximum absolute atomic E-state index is 10.2. The molecule has 4 heteroatoms. The van der Waals surface area contributed by atoms with E-state index in [2.05, 4.69) is 19.1 Å². The monoisotopic (exact) mass is 312 g/mol. The van der Waals surface area contributed by atoms with Gasteiger partial charge < -0.3 is 16.8 Å². The Balaban J connectivity index is -0.00000162. The van der Waals surface area contributed by atoms with Crippen LogP contribution in [0.5, 0.6) is 0 Å². The van der Waals surface area contributed by atoms with Crippen molar-refractivity contribution in [2.75, 3.05) is 0 Å². The van der Waals surface area contributed by atoms with Crippen molar-refractivity contribution in [1.82, 2.24) is 0 Å². The van der Waals surface area contributed by atoms with E-state index in [1.165, 1.54) is 51.4 Å². The molecule has 0 aliphatic carbocycles. The molecule has 0 amide bonds. The van der Waals surface area contributed by atoms with E-state index in [-0.39, 0.29) is 65.5 Å². The molecule has 112 valence electrons. The molecule has 0 saturated carbocycles. The van der Waals surface area contributed by atoms with E-state index in [9.17, 15) is 9.90 Å². The summed E-state index contributed by atoms with van der Waals surface area (Å²) in [6.07, 6.45) is 18.9. The fourth-order valence-corrected chi connectivity index (χ4v) is 2.09. The average Bonchev–Trinajstić information content (AvgIpc) is 2.39. The molecule has 0 N–H and O–H groups in total. The zero-order valence-corrected chi connectivity index (χ0v) is 18.4. The number of carbonyl (C=O) groups is 1. The predicted molar refractivity (Wildman–Crippen MR) is 79.5 cm³/mol. The second-order valence-corrected chi connectivity index (χ2v) is 5.21. The molecule has 0 fully saturated rings. The van der Waals surface area contributed by atoms with E-state index in [4.69, 9.17) is 0 Å². The minimum absolute atomic E-state index is 0. The maximum atomic E-state index is 10.2. The van der Waals surface area contributed by atoms with E-state index >= 15 is 0 Å². The Kier molecular flexibility index (Phi) is 30.3. The second kappa shape index (κ2) is 23.5. The van der Waals surface area contributed by atoms with Gasteiger partial charge in [0, 0.05) is 5.97 Å². The maximum Gasteiger partial charge on any atom is 1.00 e. The van der Waals surface area contributed by atoms with Crippen LogP contribution in [0.15, 0.2) is 12.2 Å². The Morgan fingerprint density at radius 3 is 1.67 bits per heavy atom. The van der Waals surface area contributed by atoms with Crippen molar-refractivity contribution in [3.05, 3.63) is 19.1 Å². The molecule has 0 unspecified atom stereocenters. The first-order valence-corrected chi connectivity index (χ1v) is 7.91. The van der Waals surface area contributed by atoms with Gasteiger partial charge in [-0.25, -0.2) is 0 Å². The van der Waals surface area contributed by atoms with Crippen LogP contribution in [0.3, 0.4) is 0 Å². The largest absolute Gasteiger partial charge is 1.00 e. The molecule has 0 aliphatic heterocycles. The summed E-state index contributed by atoms with van der Waals surface area (Å²) in [5.74, 6) is -0.918. The van der Waals surface area contributed by atoms with E-state index < -0.39 is 5.97 Å². The molecule has 0 aromatic carbocycles. The van der Waals surface area contributed by atoms with Gasteiger partial charge in [-0.1, -0.05) is 50.7 Å². The number of carboxylic acids is 1. The third-order valence-corrected chi connectivity index (χ3v) is 3.29. The van der Waals surface area contributed by atoms with Crippen LogP contribution < -0.4 is 64.2 Å². The molecule has 2 nitrogen and oxygen atoms in total. The Morgan fingerprint density at radius 1 is 0.762 bits per heavy atom. The van der Waals surface area contributed by atoms with E-state index in [1.54, 1.807) is 0 Å². The molecule has 0 atom stereocenters. The van der Waals surface area contributed by atoms with Crippen LogP contribution in [-0.2, 0) is 4.79 Å². The summed E-state index contributed by atoms with van der Waals surface area (Å²) in [7, 11) is 0. The van der Waals surface area contributed by atoms with Crippen LogP contribution in [-0.4, -0.2) is 5.97 Å². The van der Waals surface area contributed by atoms with Crippen LogP contribution in [0, 0.1) is 6.92 Å². The summed E-state index contributed by atoms with van der Waals surface area (Å²) < 4.78 is 0. The minimum atomic E-state index is -0.918. The Labute approximate surface area is 176 Å². The zero-order valence-electron chi connectivity index (χ0n) is 14.4. The van der Waals surface area contributed by atoms with Gasteiger partial charge in [-0.15, -0.1) is 0 Å². The van der Waals surface area contributed by atoms with Crippen molar-refractivity contribution in [1.29, 1.82) is 0 Å². The third-order valence-electron chi connectivity index (χ3n) is 3.29. The topological polar surface area (TPSA) is 40.1 Å². The van der Waals surface area contributed by atoms with Gasteiger partial charge in [-0.05, 0) is 38.5 Å². The first-order valence-electron chi connectivity index (χ1n) is 7.91. The summed E-state index contributed by atoms with van der Waals surface area (Å²) in [5.41, 5.74) is 0. The molecular weight excluding hydrogens is 282 g/mol. The molecular formula is C17H30Na2O2. The van der Waals surface area contributed by atoms with E-state index in [0.717, 1.165) is 25.7 Å². The van der Waals surface area contributed by atoms with Gasteiger partial charge in [0.1, 0.15) is 0 Å². The van der Waals surface area contributed by atoms with Crippen molar-refractivity contribution >= 4 is 5.97 Å². The zero-order chi connectivity index (χ0) is 14.2.